The number of rotatable bonds is 6. The third kappa shape index (κ3) is 3.72. The van der Waals surface area contributed by atoms with Gasteiger partial charge in [0.1, 0.15) is 17.3 Å². The van der Waals surface area contributed by atoms with Crippen molar-refractivity contribution in [3.63, 3.8) is 0 Å². The Morgan fingerprint density at radius 1 is 1.38 bits per heavy atom. The first-order valence-corrected chi connectivity index (χ1v) is 8.68. The lowest BCUT2D eigenvalue weighted by Gasteiger charge is -2.38. The van der Waals surface area contributed by atoms with E-state index in [2.05, 4.69) is 10.5 Å². The fourth-order valence-electron chi connectivity index (χ4n) is 3.18. The van der Waals surface area contributed by atoms with E-state index in [4.69, 9.17) is 9.26 Å². The van der Waals surface area contributed by atoms with Gasteiger partial charge >= 0.3 is 0 Å². The Bertz CT molecular complexity index is 784. The number of benzene rings is 1. The lowest BCUT2D eigenvalue weighted by molar-refractivity contribution is 0.0230. The number of aromatic nitrogens is 1. The van der Waals surface area contributed by atoms with E-state index in [9.17, 15) is 14.3 Å². The van der Waals surface area contributed by atoms with Crippen LogP contribution in [0.1, 0.15) is 60.5 Å². The maximum Gasteiger partial charge on any atom is 0.273 e. The third-order valence-corrected chi connectivity index (χ3v) is 4.76. The lowest BCUT2D eigenvalue weighted by atomic mass is 9.74. The number of carbonyl (C=O) groups is 1. The van der Waals surface area contributed by atoms with Crippen LogP contribution >= 0.6 is 0 Å². The number of hydrogen-bond acceptors (Lipinski definition) is 5. The standard InChI is InChI=1S/C19H23FN2O4/c1-10(2)17-9-15(22-26-17)19(24)21-18(11-6-13(23)7-11)14-8-12(20)4-5-16(14)25-3/h4-5,8-11,13,18,23H,6-7H2,1-3H3,(H,21,24)/t11?,13?,18-/m1/s1. The van der Waals surface area contributed by atoms with Crippen molar-refractivity contribution in [3.05, 3.63) is 47.1 Å². The zero-order chi connectivity index (χ0) is 18.8. The van der Waals surface area contributed by atoms with Gasteiger partial charge in [-0.05, 0) is 37.0 Å². The van der Waals surface area contributed by atoms with Crippen LogP contribution in [-0.2, 0) is 0 Å². The van der Waals surface area contributed by atoms with Crippen LogP contribution in [0.5, 0.6) is 5.75 Å². The molecule has 0 spiro atoms. The highest BCUT2D eigenvalue weighted by molar-refractivity contribution is 5.92. The number of amides is 1. The molecule has 26 heavy (non-hydrogen) atoms. The van der Waals surface area contributed by atoms with Gasteiger partial charge < -0.3 is 19.7 Å². The molecule has 1 amide bonds. The number of hydrogen-bond donors (Lipinski definition) is 2. The zero-order valence-electron chi connectivity index (χ0n) is 15.0. The van der Waals surface area contributed by atoms with Gasteiger partial charge in [-0.1, -0.05) is 19.0 Å². The second kappa shape index (κ2) is 7.45. The molecule has 1 aliphatic rings. The number of carbonyl (C=O) groups excluding carboxylic acids is 1. The molecule has 0 unspecified atom stereocenters. The molecule has 1 fully saturated rings. The van der Waals surface area contributed by atoms with Crippen LogP contribution in [0.3, 0.4) is 0 Å². The smallest absolute Gasteiger partial charge is 0.273 e. The van der Waals surface area contributed by atoms with Gasteiger partial charge in [0.25, 0.3) is 5.91 Å². The van der Waals surface area contributed by atoms with Crippen molar-refractivity contribution in [2.75, 3.05) is 7.11 Å². The van der Waals surface area contributed by atoms with E-state index >= 15 is 0 Å². The summed E-state index contributed by atoms with van der Waals surface area (Å²) in [5.41, 5.74) is 0.722. The molecule has 140 valence electrons. The quantitative estimate of drug-likeness (QED) is 0.824. The number of nitrogens with one attached hydrogen (secondary N) is 1. The normalized spacial score (nSPS) is 20.5. The molecule has 2 N–H and O–H groups in total. The van der Waals surface area contributed by atoms with Crippen LogP contribution in [0, 0.1) is 11.7 Å². The molecule has 6 nitrogen and oxygen atoms in total. The largest absolute Gasteiger partial charge is 0.496 e. The van der Waals surface area contributed by atoms with Gasteiger partial charge in [-0.15, -0.1) is 0 Å². The van der Waals surface area contributed by atoms with Gasteiger partial charge in [0.2, 0.25) is 0 Å². The first-order valence-electron chi connectivity index (χ1n) is 8.68. The average molecular weight is 362 g/mol. The van der Waals surface area contributed by atoms with Crippen LogP contribution in [0.15, 0.2) is 28.8 Å². The Morgan fingerprint density at radius 3 is 2.69 bits per heavy atom. The summed E-state index contributed by atoms with van der Waals surface area (Å²) in [5.74, 6) is 0.392. The molecule has 1 aromatic carbocycles. The first kappa shape index (κ1) is 18.4. The molecule has 0 bridgehead atoms. The molecule has 0 aliphatic heterocycles. The van der Waals surface area contributed by atoms with Crippen molar-refractivity contribution in [1.29, 1.82) is 0 Å². The number of halogens is 1. The van der Waals surface area contributed by atoms with Crippen LogP contribution < -0.4 is 10.1 Å². The molecule has 3 rings (SSSR count). The van der Waals surface area contributed by atoms with Crippen LogP contribution in [0.25, 0.3) is 0 Å². The van der Waals surface area contributed by atoms with Crippen molar-refractivity contribution >= 4 is 5.91 Å². The van der Waals surface area contributed by atoms with Gasteiger partial charge in [-0.2, -0.15) is 0 Å². The minimum Gasteiger partial charge on any atom is -0.496 e. The van der Waals surface area contributed by atoms with Gasteiger partial charge in [-0.25, -0.2) is 4.39 Å². The molecule has 7 heteroatoms. The van der Waals surface area contributed by atoms with Gasteiger partial charge in [0.05, 0.1) is 19.3 Å². The monoisotopic (exact) mass is 362 g/mol. The minimum atomic E-state index is -0.490. The van der Waals surface area contributed by atoms with Crippen molar-refractivity contribution in [1.82, 2.24) is 10.5 Å². The summed E-state index contributed by atoms with van der Waals surface area (Å²) in [5, 5.41) is 16.4. The number of ether oxygens (including phenoxy) is 1. The molecule has 1 aliphatic carbocycles. The van der Waals surface area contributed by atoms with E-state index in [1.807, 2.05) is 13.8 Å². The molecular formula is C19H23FN2O4. The summed E-state index contributed by atoms with van der Waals surface area (Å²) in [6.07, 6.45) is 0.653. The highest BCUT2D eigenvalue weighted by Crippen LogP contribution is 2.41. The summed E-state index contributed by atoms with van der Waals surface area (Å²) in [6, 6.07) is 5.32. The van der Waals surface area contributed by atoms with Crippen molar-refractivity contribution in [2.24, 2.45) is 5.92 Å². The Hall–Kier alpha value is -2.41. The van der Waals surface area contributed by atoms with E-state index in [1.165, 1.54) is 25.3 Å². The Kier molecular flexibility index (Phi) is 5.27. The molecule has 1 heterocycles. The predicted octanol–water partition coefficient (Wildman–Crippen LogP) is 3.19. The number of methoxy groups -OCH3 is 1. The maximum atomic E-state index is 13.8. The van der Waals surface area contributed by atoms with E-state index in [0.29, 0.717) is 29.9 Å². The summed E-state index contributed by atoms with van der Waals surface area (Å²) in [7, 11) is 1.50. The third-order valence-electron chi connectivity index (χ3n) is 4.76. The molecular weight excluding hydrogens is 339 g/mol. The topological polar surface area (TPSA) is 84.6 Å². The molecule has 1 atom stereocenters. The van der Waals surface area contributed by atoms with E-state index < -0.39 is 23.9 Å². The number of aliphatic hydroxyl groups excluding tert-OH is 1. The van der Waals surface area contributed by atoms with Crippen molar-refractivity contribution in [3.8, 4) is 5.75 Å². The molecule has 2 aromatic rings. The molecule has 0 radical (unpaired) electrons. The van der Waals surface area contributed by atoms with Crippen LogP contribution in [-0.4, -0.2) is 29.4 Å². The highest BCUT2D eigenvalue weighted by Gasteiger charge is 2.37. The van der Waals surface area contributed by atoms with Crippen LogP contribution in [0.2, 0.25) is 0 Å². The summed E-state index contributed by atoms with van der Waals surface area (Å²) < 4.78 is 24.3. The highest BCUT2D eigenvalue weighted by atomic mass is 19.1. The summed E-state index contributed by atoms with van der Waals surface area (Å²) in [6.45, 7) is 3.89. The molecule has 1 saturated carbocycles. The Balaban J connectivity index is 1.87. The second-order valence-corrected chi connectivity index (χ2v) is 6.99. The average Bonchev–Trinajstić information content (AvgIpc) is 3.07. The second-order valence-electron chi connectivity index (χ2n) is 6.99. The molecule has 0 saturated heterocycles. The minimum absolute atomic E-state index is 0.0129. The van der Waals surface area contributed by atoms with E-state index in [0.717, 1.165) is 0 Å². The van der Waals surface area contributed by atoms with Crippen molar-refractivity contribution in [2.45, 2.75) is 44.8 Å². The fraction of sp³-hybridized carbons (Fsp3) is 0.474. The van der Waals surface area contributed by atoms with Gasteiger partial charge in [0, 0.05) is 17.5 Å². The Morgan fingerprint density at radius 2 is 2.12 bits per heavy atom. The van der Waals surface area contributed by atoms with Gasteiger partial charge in [-0.3, -0.25) is 4.79 Å². The SMILES string of the molecule is COc1ccc(F)cc1[C@H](NC(=O)c1cc(C(C)C)on1)C1CC(O)C1. The first-order chi connectivity index (χ1) is 12.4. The maximum absolute atomic E-state index is 13.8. The van der Waals surface area contributed by atoms with E-state index in [1.54, 1.807) is 6.07 Å². The Labute approximate surface area is 151 Å². The summed E-state index contributed by atoms with van der Waals surface area (Å²) in [4.78, 5) is 12.6. The number of aliphatic hydroxyl groups is 1. The summed E-state index contributed by atoms with van der Waals surface area (Å²) >= 11 is 0. The van der Waals surface area contributed by atoms with Crippen molar-refractivity contribution < 1.29 is 23.6 Å². The fourth-order valence-corrected chi connectivity index (χ4v) is 3.18. The van der Waals surface area contributed by atoms with E-state index in [-0.39, 0.29) is 17.5 Å². The number of nitrogens with zero attached hydrogens (tertiary/aromatic N) is 1. The predicted molar refractivity (Wildman–Crippen MR) is 92.5 cm³/mol. The molecule has 1 aromatic heterocycles. The van der Waals surface area contributed by atoms with Crippen LogP contribution in [0.4, 0.5) is 4.39 Å². The lowest BCUT2D eigenvalue weighted by Crippen LogP contribution is -2.41. The zero-order valence-corrected chi connectivity index (χ0v) is 15.0. The van der Waals surface area contributed by atoms with Gasteiger partial charge in [0.15, 0.2) is 5.69 Å².